The Labute approximate surface area is 196 Å². The summed E-state index contributed by atoms with van der Waals surface area (Å²) in [6.45, 7) is 0. The SMILES string of the molecule is Nc1cc(Sc2ccccc2Cl)c([N+](=O)[O-])cc1NS(=O)(=O)c1ccc(Cl)c2c1NON2. The Morgan fingerprint density at radius 2 is 1.75 bits per heavy atom. The van der Waals surface area contributed by atoms with Crippen LogP contribution in [0, 0.1) is 10.1 Å². The van der Waals surface area contributed by atoms with Crippen molar-refractivity contribution in [3.05, 3.63) is 68.7 Å². The van der Waals surface area contributed by atoms with Crippen molar-refractivity contribution in [2.45, 2.75) is 14.7 Å². The van der Waals surface area contributed by atoms with Gasteiger partial charge < -0.3 is 5.73 Å². The second kappa shape index (κ2) is 8.56. The summed E-state index contributed by atoms with van der Waals surface area (Å²) in [6.07, 6.45) is 0. The van der Waals surface area contributed by atoms with Crippen LogP contribution in [-0.4, -0.2) is 13.3 Å². The third kappa shape index (κ3) is 4.23. The van der Waals surface area contributed by atoms with Gasteiger partial charge in [-0.1, -0.05) is 47.1 Å². The molecule has 14 heteroatoms. The molecule has 0 radical (unpaired) electrons. The van der Waals surface area contributed by atoms with Crippen LogP contribution in [-0.2, 0) is 15.0 Å². The lowest BCUT2D eigenvalue weighted by atomic mass is 10.2. The third-order valence-corrected chi connectivity index (χ3v) is 7.63. The largest absolute Gasteiger partial charge is 0.397 e. The smallest absolute Gasteiger partial charge is 0.285 e. The molecule has 0 fully saturated rings. The molecular weight excluding hydrogens is 501 g/mol. The van der Waals surface area contributed by atoms with Gasteiger partial charge in [-0.3, -0.25) is 14.8 Å². The number of hydrogen-bond donors (Lipinski definition) is 4. The van der Waals surface area contributed by atoms with E-state index in [1.54, 1.807) is 24.3 Å². The molecular formula is C18H13Cl2N5O5S2. The van der Waals surface area contributed by atoms with Crippen LogP contribution in [0.1, 0.15) is 0 Å². The maximum absolute atomic E-state index is 13.0. The number of hydrogen-bond acceptors (Lipinski definition) is 9. The quantitative estimate of drug-likeness (QED) is 0.200. The molecule has 0 unspecified atom stereocenters. The standard InChI is InChI=1S/C18H13Cl2N5O5S2/c19-9-3-1-2-4-14(9)31-15-7-11(21)12(8-13(15)25(26)27)24-32(28,29)16-6-5-10(20)17-18(16)23-30-22-17/h1-8,22-24H,21H2. The van der Waals surface area contributed by atoms with Crippen molar-refractivity contribution < 1.29 is 18.3 Å². The number of nitrogens with one attached hydrogen (secondary N) is 3. The first-order valence-corrected chi connectivity index (χ1v) is 11.8. The van der Waals surface area contributed by atoms with E-state index >= 15 is 0 Å². The molecule has 0 aliphatic carbocycles. The molecule has 1 aliphatic rings. The Kier molecular flexibility index (Phi) is 5.97. The summed E-state index contributed by atoms with van der Waals surface area (Å²) < 4.78 is 28.3. The summed E-state index contributed by atoms with van der Waals surface area (Å²) in [5.74, 6) is 0. The summed E-state index contributed by atoms with van der Waals surface area (Å²) in [5, 5.41) is 12.3. The van der Waals surface area contributed by atoms with Gasteiger partial charge in [0, 0.05) is 11.0 Å². The fourth-order valence-electron chi connectivity index (χ4n) is 2.85. The van der Waals surface area contributed by atoms with E-state index in [9.17, 15) is 18.5 Å². The average Bonchev–Trinajstić information content (AvgIpc) is 3.22. The van der Waals surface area contributed by atoms with E-state index in [4.69, 9.17) is 33.9 Å². The van der Waals surface area contributed by atoms with Crippen molar-refractivity contribution >= 4 is 73.4 Å². The molecule has 0 atom stereocenters. The average molecular weight is 514 g/mol. The minimum absolute atomic E-state index is 0.0123. The summed E-state index contributed by atoms with van der Waals surface area (Å²) in [6, 6.07) is 11.8. The van der Waals surface area contributed by atoms with Crippen molar-refractivity contribution in [3.8, 4) is 0 Å². The number of fused-ring (bicyclic) bond motifs is 1. The van der Waals surface area contributed by atoms with Gasteiger partial charge in [-0.25, -0.2) is 19.4 Å². The zero-order valence-corrected chi connectivity index (χ0v) is 18.9. The molecule has 0 bridgehead atoms. The van der Waals surface area contributed by atoms with Gasteiger partial charge in [0.25, 0.3) is 15.7 Å². The highest BCUT2D eigenvalue weighted by molar-refractivity contribution is 7.99. The molecule has 1 aliphatic heterocycles. The highest BCUT2D eigenvalue weighted by Gasteiger charge is 2.28. The fourth-order valence-corrected chi connectivity index (χ4v) is 5.51. The van der Waals surface area contributed by atoms with Crippen molar-refractivity contribution in [1.82, 2.24) is 0 Å². The number of rotatable bonds is 6. The van der Waals surface area contributed by atoms with Crippen LogP contribution in [0.25, 0.3) is 0 Å². The van der Waals surface area contributed by atoms with Gasteiger partial charge in [-0.2, -0.15) is 4.94 Å². The van der Waals surface area contributed by atoms with E-state index in [-0.39, 0.29) is 43.3 Å². The van der Waals surface area contributed by atoms with Crippen LogP contribution in [0.3, 0.4) is 0 Å². The van der Waals surface area contributed by atoms with Gasteiger partial charge >= 0.3 is 0 Å². The van der Waals surface area contributed by atoms with Crippen LogP contribution in [0.5, 0.6) is 0 Å². The molecule has 0 saturated carbocycles. The van der Waals surface area contributed by atoms with Gasteiger partial charge in [0.2, 0.25) is 0 Å². The first kappa shape index (κ1) is 22.3. The number of nitrogens with zero attached hydrogens (tertiary/aromatic N) is 1. The van der Waals surface area contributed by atoms with Crippen LogP contribution in [0.15, 0.2) is 63.2 Å². The number of nitrogens with two attached hydrogens (primary N) is 1. The maximum atomic E-state index is 13.0. The van der Waals surface area contributed by atoms with Crippen LogP contribution >= 0.6 is 35.0 Å². The van der Waals surface area contributed by atoms with E-state index in [2.05, 4.69) is 15.7 Å². The highest BCUT2D eigenvalue weighted by atomic mass is 35.5. The molecule has 3 aromatic carbocycles. The summed E-state index contributed by atoms with van der Waals surface area (Å²) in [7, 11) is -4.22. The molecule has 10 nitrogen and oxygen atoms in total. The lowest BCUT2D eigenvalue weighted by molar-refractivity contribution is -0.387. The van der Waals surface area contributed by atoms with E-state index in [1.807, 2.05) is 0 Å². The number of nitrogen functional groups attached to an aromatic ring is 1. The number of benzene rings is 3. The molecule has 0 amide bonds. The molecule has 4 rings (SSSR count). The monoisotopic (exact) mass is 513 g/mol. The predicted molar refractivity (Wildman–Crippen MR) is 124 cm³/mol. The van der Waals surface area contributed by atoms with Gasteiger partial charge in [0.05, 0.1) is 31.2 Å². The minimum Gasteiger partial charge on any atom is -0.397 e. The first-order chi connectivity index (χ1) is 15.2. The molecule has 5 N–H and O–H groups in total. The maximum Gasteiger partial charge on any atom is 0.285 e. The minimum atomic E-state index is -4.22. The Morgan fingerprint density at radius 1 is 1.03 bits per heavy atom. The number of halogens is 2. The van der Waals surface area contributed by atoms with Crippen molar-refractivity contribution in [2.24, 2.45) is 0 Å². The lowest BCUT2D eigenvalue weighted by Gasteiger charge is -2.14. The molecule has 32 heavy (non-hydrogen) atoms. The Hall–Kier alpha value is -2.90. The molecule has 0 saturated heterocycles. The topological polar surface area (TPSA) is 149 Å². The highest BCUT2D eigenvalue weighted by Crippen LogP contribution is 2.43. The second-order valence-electron chi connectivity index (χ2n) is 6.40. The van der Waals surface area contributed by atoms with Gasteiger partial charge in [0.15, 0.2) is 0 Å². The zero-order valence-electron chi connectivity index (χ0n) is 15.8. The summed E-state index contributed by atoms with van der Waals surface area (Å²) in [5.41, 5.74) is 10.7. The van der Waals surface area contributed by atoms with E-state index in [1.165, 1.54) is 18.2 Å². The second-order valence-corrected chi connectivity index (χ2v) is 9.95. The van der Waals surface area contributed by atoms with Crippen LogP contribution in [0.2, 0.25) is 10.0 Å². The van der Waals surface area contributed by atoms with E-state index in [0.29, 0.717) is 9.92 Å². The molecule has 0 spiro atoms. The molecule has 3 aromatic rings. The Bertz CT molecular complexity index is 1350. The van der Waals surface area contributed by atoms with Gasteiger partial charge in [-0.05, 0) is 30.3 Å². The number of sulfonamides is 1. The fraction of sp³-hybridized carbons (Fsp3) is 0. The molecule has 166 valence electrons. The van der Waals surface area contributed by atoms with Crippen LogP contribution in [0.4, 0.5) is 28.4 Å². The number of nitro groups is 1. The van der Waals surface area contributed by atoms with Crippen LogP contribution < -0.4 is 21.4 Å². The van der Waals surface area contributed by atoms with Gasteiger partial charge in [-0.15, -0.1) is 0 Å². The summed E-state index contributed by atoms with van der Waals surface area (Å²) in [4.78, 5) is 16.5. The summed E-state index contributed by atoms with van der Waals surface area (Å²) >= 11 is 13.2. The van der Waals surface area contributed by atoms with E-state index < -0.39 is 14.9 Å². The molecule has 0 aromatic heterocycles. The van der Waals surface area contributed by atoms with Crippen molar-refractivity contribution in [2.75, 3.05) is 21.4 Å². The number of anilines is 4. The Balaban J connectivity index is 1.72. The van der Waals surface area contributed by atoms with Gasteiger partial charge in [0.1, 0.15) is 16.3 Å². The Morgan fingerprint density at radius 3 is 2.47 bits per heavy atom. The predicted octanol–water partition coefficient (Wildman–Crippen LogP) is 5.12. The lowest BCUT2D eigenvalue weighted by Crippen LogP contribution is -2.15. The first-order valence-electron chi connectivity index (χ1n) is 8.71. The third-order valence-electron chi connectivity index (χ3n) is 4.34. The van der Waals surface area contributed by atoms with E-state index in [0.717, 1.165) is 17.8 Å². The number of nitro benzene ring substituents is 1. The molecule has 1 heterocycles. The van der Waals surface area contributed by atoms with Crippen molar-refractivity contribution in [3.63, 3.8) is 0 Å². The normalized spacial score (nSPS) is 12.6. The zero-order chi connectivity index (χ0) is 23.0. The van der Waals surface area contributed by atoms with Crippen molar-refractivity contribution in [1.29, 1.82) is 0 Å².